The Labute approximate surface area is 348 Å². The van der Waals surface area contributed by atoms with Crippen molar-refractivity contribution in [1.29, 1.82) is 0 Å². The first kappa shape index (κ1) is 42.2. The minimum Gasteiger partial charge on any atom is -0.496 e. The number of hydrogen-bond donors (Lipinski definition) is 3. The van der Waals surface area contributed by atoms with Crippen molar-refractivity contribution in [1.82, 2.24) is 16.0 Å². The third-order valence-corrected chi connectivity index (χ3v) is 10.8. The SMILES string of the molecule is CN[C@@H](C)C(=O)N[C@H]1CN(C(=O)CCNC(=O)OCC2c3ccccc3-c3ccccc32)c2ccccc2N(Cc2c(OC)ccc3cc(C(=O)OC)ccc23)C1=O.Cl. The number of methoxy groups -OCH3 is 2. The van der Waals surface area contributed by atoms with Crippen LogP contribution in [0.5, 0.6) is 5.75 Å². The second kappa shape index (κ2) is 18.4. The molecule has 59 heavy (non-hydrogen) atoms. The standard InChI is InChI=1S/C45H45N5O8.ClH/c1-27(46-2)42(52)48-37-25-49(41(51)21-22-47-45(55)58-26-36-33-13-7-5-11-31(33)32-12-6-8-14-34(32)36)38-15-9-10-16-39(38)50(43(37)53)24-35-30-19-17-29(44(54)57-4)23-28(30)18-20-40(35)56-3;/h5-20,23,27,36-37,46H,21-22,24-26H2,1-4H3,(H,47,55)(H,48,52);1H/t27-,37-;/m0./s1. The molecule has 1 aliphatic heterocycles. The van der Waals surface area contributed by atoms with Gasteiger partial charge in [-0.05, 0) is 77.3 Å². The van der Waals surface area contributed by atoms with E-state index in [0.717, 1.165) is 33.0 Å². The number of hydrogen-bond acceptors (Lipinski definition) is 9. The van der Waals surface area contributed by atoms with Gasteiger partial charge in [-0.2, -0.15) is 0 Å². The summed E-state index contributed by atoms with van der Waals surface area (Å²) in [4.78, 5) is 70.4. The van der Waals surface area contributed by atoms with Crippen LogP contribution >= 0.6 is 12.4 Å². The molecule has 0 bridgehead atoms. The van der Waals surface area contributed by atoms with E-state index in [-0.39, 0.29) is 56.9 Å². The number of amides is 4. The highest BCUT2D eigenvalue weighted by Gasteiger charge is 2.38. The van der Waals surface area contributed by atoms with E-state index in [1.54, 1.807) is 62.5 Å². The van der Waals surface area contributed by atoms with Crippen molar-refractivity contribution in [2.45, 2.75) is 37.9 Å². The van der Waals surface area contributed by atoms with Crippen LogP contribution in [-0.4, -0.2) is 82.8 Å². The van der Waals surface area contributed by atoms with Crippen LogP contribution in [0.25, 0.3) is 21.9 Å². The minimum atomic E-state index is -1.14. The molecule has 3 N–H and O–H groups in total. The summed E-state index contributed by atoms with van der Waals surface area (Å²) in [5.41, 5.74) is 6.33. The van der Waals surface area contributed by atoms with E-state index < -0.39 is 36.0 Å². The molecule has 14 heteroatoms. The number of nitrogens with one attached hydrogen (secondary N) is 3. The number of rotatable bonds is 12. The van der Waals surface area contributed by atoms with Gasteiger partial charge in [0.15, 0.2) is 0 Å². The van der Waals surface area contributed by atoms with Crippen LogP contribution in [0.4, 0.5) is 16.2 Å². The molecule has 0 saturated carbocycles. The molecule has 13 nitrogen and oxygen atoms in total. The van der Waals surface area contributed by atoms with Gasteiger partial charge in [0.05, 0.1) is 50.3 Å². The van der Waals surface area contributed by atoms with E-state index >= 15 is 0 Å². The third-order valence-electron chi connectivity index (χ3n) is 10.8. The van der Waals surface area contributed by atoms with E-state index in [0.29, 0.717) is 28.3 Å². The molecule has 0 spiro atoms. The fourth-order valence-electron chi connectivity index (χ4n) is 7.71. The van der Waals surface area contributed by atoms with Crippen molar-refractivity contribution >= 4 is 64.3 Å². The molecular formula is C45H46ClN5O8. The number of fused-ring (bicyclic) bond motifs is 5. The maximum atomic E-state index is 14.7. The molecule has 4 amide bonds. The largest absolute Gasteiger partial charge is 0.496 e. The van der Waals surface area contributed by atoms with Crippen LogP contribution in [0, 0.1) is 0 Å². The van der Waals surface area contributed by atoms with E-state index in [1.165, 1.54) is 24.0 Å². The van der Waals surface area contributed by atoms with Crippen molar-refractivity contribution in [3.8, 4) is 16.9 Å². The number of ether oxygens (including phenoxy) is 3. The predicted molar refractivity (Wildman–Crippen MR) is 227 cm³/mol. The second-order valence-electron chi connectivity index (χ2n) is 14.2. The lowest BCUT2D eigenvalue weighted by molar-refractivity contribution is -0.128. The normalized spacial score (nSPS) is 14.8. The summed E-state index contributed by atoms with van der Waals surface area (Å²) < 4.78 is 16.4. The highest BCUT2D eigenvalue weighted by Crippen LogP contribution is 2.44. The first-order valence-corrected chi connectivity index (χ1v) is 19.1. The van der Waals surface area contributed by atoms with Gasteiger partial charge in [0.2, 0.25) is 11.8 Å². The van der Waals surface area contributed by atoms with Gasteiger partial charge in [-0.15, -0.1) is 12.4 Å². The molecule has 0 saturated heterocycles. The van der Waals surface area contributed by atoms with Crippen LogP contribution in [0.2, 0.25) is 0 Å². The Balaban J connectivity index is 0.00000585. The van der Waals surface area contributed by atoms with Gasteiger partial charge in [-0.3, -0.25) is 14.4 Å². The van der Waals surface area contributed by atoms with E-state index in [2.05, 4.69) is 28.1 Å². The molecule has 7 rings (SSSR count). The molecule has 5 aromatic rings. The Morgan fingerprint density at radius 1 is 0.847 bits per heavy atom. The van der Waals surface area contributed by atoms with Gasteiger partial charge in [0.1, 0.15) is 18.4 Å². The van der Waals surface area contributed by atoms with Crippen molar-refractivity contribution in [3.05, 3.63) is 125 Å². The predicted octanol–water partition coefficient (Wildman–Crippen LogP) is 5.96. The molecule has 0 aromatic heterocycles. The van der Waals surface area contributed by atoms with Crippen LogP contribution in [-0.2, 0) is 30.4 Å². The summed E-state index contributed by atoms with van der Waals surface area (Å²) in [6.45, 7) is 1.62. The zero-order chi connectivity index (χ0) is 40.9. The molecule has 1 aliphatic carbocycles. The lowest BCUT2D eigenvalue weighted by Crippen LogP contribution is -2.55. The molecule has 0 radical (unpaired) electrons. The topological polar surface area (TPSA) is 156 Å². The Hall–Kier alpha value is -6.44. The van der Waals surface area contributed by atoms with Crippen LogP contribution < -0.4 is 30.5 Å². The number of carbonyl (C=O) groups excluding carboxylic acids is 5. The Kier molecular flexibility index (Phi) is 13.2. The smallest absolute Gasteiger partial charge is 0.407 e. The van der Waals surface area contributed by atoms with Gasteiger partial charge in [-0.1, -0.05) is 72.8 Å². The van der Waals surface area contributed by atoms with Crippen molar-refractivity contribution in [3.63, 3.8) is 0 Å². The average Bonchev–Trinajstić information content (AvgIpc) is 3.52. The van der Waals surface area contributed by atoms with Crippen LogP contribution in [0.1, 0.15) is 46.3 Å². The summed E-state index contributed by atoms with van der Waals surface area (Å²) in [6.07, 6.45) is -0.763. The highest BCUT2D eigenvalue weighted by molar-refractivity contribution is 6.09. The number of para-hydroxylation sites is 2. The monoisotopic (exact) mass is 819 g/mol. The summed E-state index contributed by atoms with van der Waals surface area (Å²) in [5, 5.41) is 9.93. The van der Waals surface area contributed by atoms with Gasteiger partial charge < -0.3 is 40.0 Å². The third kappa shape index (κ3) is 8.57. The minimum absolute atomic E-state index is 0. The van der Waals surface area contributed by atoms with Gasteiger partial charge in [0, 0.05) is 24.4 Å². The number of esters is 1. The van der Waals surface area contributed by atoms with Gasteiger partial charge in [-0.25, -0.2) is 9.59 Å². The molecule has 2 aliphatic rings. The molecule has 0 unspecified atom stereocenters. The number of benzene rings is 5. The maximum absolute atomic E-state index is 14.7. The Morgan fingerprint density at radius 3 is 2.17 bits per heavy atom. The molecule has 306 valence electrons. The Bertz CT molecular complexity index is 2360. The zero-order valence-corrected chi connectivity index (χ0v) is 34.0. The quantitative estimate of drug-likeness (QED) is 0.129. The van der Waals surface area contributed by atoms with Crippen LogP contribution in [0.3, 0.4) is 0 Å². The van der Waals surface area contributed by atoms with Crippen molar-refractivity contribution in [2.75, 3.05) is 50.8 Å². The number of carbonyl (C=O) groups is 5. The van der Waals surface area contributed by atoms with Crippen molar-refractivity contribution < 1.29 is 38.2 Å². The summed E-state index contributed by atoms with van der Waals surface area (Å²) in [6, 6.07) is 30.1. The first-order valence-electron chi connectivity index (χ1n) is 19.1. The molecule has 2 atom stereocenters. The first-order chi connectivity index (χ1) is 28.1. The molecular weight excluding hydrogens is 774 g/mol. The maximum Gasteiger partial charge on any atom is 0.407 e. The lowest BCUT2D eigenvalue weighted by atomic mass is 9.98. The average molecular weight is 820 g/mol. The number of likely N-dealkylation sites (N-methyl/N-ethyl adjacent to an activating group) is 1. The molecule has 1 heterocycles. The Morgan fingerprint density at radius 2 is 1.51 bits per heavy atom. The summed E-state index contributed by atoms with van der Waals surface area (Å²) in [7, 11) is 4.49. The van der Waals surface area contributed by atoms with Gasteiger partial charge in [0.25, 0.3) is 5.91 Å². The molecule has 5 aromatic carbocycles. The van der Waals surface area contributed by atoms with E-state index in [1.807, 2.05) is 42.5 Å². The number of halogens is 1. The van der Waals surface area contributed by atoms with Gasteiger partial charge >= 0.3 is 12.1 Å². The number of anilines is 2. The molecule has 0 fully saturated rings. The zero-order valence-electron chi connectivity index (χ0n) is 33.2. The van der Waals surface area contributed by atoms with E-state index in [9.17, 15) is 24.0 Å². The van der Waals surface area contributed by atoms with E-state index in [4.69, 9.17) is 14.2 Å². The van der Waals surface area contributed by atoms with Crippen LogP contribution in [0.15, 0.2) is 103 Å². The fraction of sp³-hybridized carbons (Fsp3) is 0.267. The highest BCUT2D eigenvalue weighted by atomic mass is 35.5. The van der Waals surface area contributed by atoms with Crippen molar-refractivity contribution in [2.24, 2.45) is 0 Å². The summed E-state index contributed by atoms with van der Waals surface area (Å²) in [5.74, 6) is -1.33. The second-order valence-corrected chi connectivity index (χ2v) is 14.2. The lowest BCUT2D eigenvalue weighted by Gasteiger charge is -2.27. The number of alkyl carbamates (subject to hydrolysis) is 1. The fourth-order valence-corrected chi connectivity index (χ4v) is 7.71. The number of nitrogens with zero attached hydrogens (tertiary/aromatic N) is 2. The summed E-state index contributed by atoms with van der Waals surface area (Å²) >= 11 is 0.